The Hall–Kier alpha value is -3.99. The minimum atomic E-state index is -0.899. The van der Waals surface area contributed by atoms with E-state index in [-0.39, 0.29) is 11.8 Å². The Bertz CT molecular complexity index is 1420. The summed E-state index contributed by atoms with van der Waals surface area (Å²) < 4.78 is 13.9. The maximum Gasteiger partial charge on any atom is 0.330 e. The zero-order valence-corrected chi connectivity index (χ0v) is 22.0. The second-order valence-electron chi connectivity index (χ2n) is 10.1. The molecule has 1 amide bonds. The van der Waals surface area contributed by atoms with E-state index in [1.54, 1.807) is 11.0 Å². The average Bonchev–Trinajstić information content (AvgIpc) is 3.36. The van der Waals surface area contributed by atoms with Gasteiger partial charge in [0.25, 0.3) is 0 Å². The summed E-state index contributed by atoms with van der Waals surface area (Å²) in [6.45, 7) is 1.15. The number of nitrogens with zero attached hydrogens (tertiary/aromatic N) is 2. The molecule has 1 aliphatic heterocycles. The molecule has 194 valence electrons. The smallest absolute Gasteiger partial charge is 0.330 e. The molecule has 2 aliphatic rings. The second-order valence-corrected chi connectivity index (χ2v) is 10.1. The highest BCUT2D eigenvalue weighted by Crippen LogP contribution is 2.33. The quantitative estimate of drug-likeness (QED) is 0.249. The first-order valence-corrected chi connectivity index (χ1v) is 13.3. The van der Waals surface area contributed by atoms with E-state index in [0.717, 1.165) is 72.2 Å². The van der Waals surface area contributed by atoms with Crippen molar-refractivity contribution in [3.8, 4) is 11.1 Å². The summed E-state index contributed by atoms with van der Waals surface area (Å²) in [5, 5.41) is 0. The fourth-order valence-corrected chi connectivity index (χ4v) is 5.27. The van der Waals surface area contributed by atoms with Gasteiger partial charge in [-0.1, -0.05) is 61.7 Å². The number of fused-ring (bicyclic) bond motifs is 1. The lowest BCUT2D eigenvalue weighted by atomic mass is 9.88. The van der Waals surface area contributed by atoms with Crippen LogP contribution in [0.15, 0.2) is 77.8 Å². The SMILES string of the molecule is [2H]C(c1ccc(-c2ccc3c(c2)CC(C)=N3)cc1)N(C(=O)C1CCCCC1)c1cccc(/C=C/C(=O)OC)c1. The molecule has 1 aliphatic carbocycles. The van der Waals surface area contributed by atoms with Crippen molar-refractivity contribution in [1.29, 1.82) is 0 Å². The van der Waals surface area contributed by atoms with Crippen molar-refractivity contribution >= 4 is 35.0 Å². The number of amides is 1. The predicted octanol–water partition coefficient (Wildman–Crippen LogP) is 7.30. The van der Waals surface area contributed by atoms with Gasteiger partial charge in [0.15, 0.2) is 0 Å². The van der Waals surface area contributed by atoms with Crippen LogP contribution >= 0.6 is 0 Å². The molecule has 0 saturated heterocycles. The van der Waals surface area contributed by atoms with Crippen molar-refractivity contribution in [2.24, 2.45) is 10.9 Å². The fraction of sp³-hybridized carbons (Fsp3) is 0.303. The van der Waals surface area contributed by atoms with E-state index in [1.807, 2.05) is 55.5 Å². The Morgan fingerprint density at radius 2 is 1.79 bits per heavy atom. The van der Waals surface area contributed by atoms with Crippen molar-refractivity contribution in [2.75, 3.05) is 12.0 Å². The Kier molecular flexibility index (Phi) is 7.43. The molecule has 5 nitrogen and oxygen atoms in total. The third-order valence-electron chi connectivity index (χ3n) is 7.31. The van der Waals surface area contributed by atoms with E-state index in [9.17, 15) is 11.0 Å². The molecule has 0 aromatic heterocycles. The number of aliphatic imine (C=N–C) groups is 1. The number of anilines is 1. The van der Waals surface area contributed by atoms with Crippen LogP contribution in [0, 0.1) is 5.92 Å². The molecule has 0 spiro atoms. The Morgan fingerprint density at radius 1 is 1.03 bits per heavy atom. The highest BCUT2D eigenvalue weighted by molar-refractivity contribution is 5.96. The monoisotopic (exact) mass is 507 g/mol. The van der Waals surface area contributed by atoms with E-state index >= 15 is 0 Å². The summed E-state index contributed by atoms with van der Waals surface area (Å²) in [6.07, 6.45) is 8.82. The van der Waals surface area contributed by atoms with Crippen LogP contribution in [0.4, 0.5) is 11.4 Å². The van der Waals surface area contributed by atoms with Gasteiger partial charge in [-0.15, -0.1) is 0 Å². The number of esters is 1. The van der Waals surface area contributed by atoms with Crippen LogP contribution < -0.4 is 4.90 Å². The van der Waals surface area contributed by atoms with E-state index in [1.165, 1.54) is 18.7 Å². The first-order chi connectivity index (χ1) is 18.9. The van der Waals surface area contributed by atoms with E-state index < -0.39 is 12.5 Å². The number of methoxy groups -OCH3 is 1. The fourth-order valence-electron chi connectivity index (χ4n) is 5.27. The molecule has 0 radical (unpaired) electrons. The predicted molar refractivity (Wildman–Crippen MR) is 154 cm³/mol. The maximum absolute atomic E-state index is 13.9. The molecule has 3 aromatic carbocycles. The van der Waals surface area contributed by atoms with Crippen molar-refractivity contribution in [3.05, 3.63) is 89.5 Å². The zero-order valence-electron chi connectivity index (χ0n) is 23.0. The van der Waals surface area contributed by atoms with Gasteiger partial charge in [-0.25, -0.2) is 4.79 Å². The van der Waals surface area contributed by atoms with E-state index in [4.69, 9.17) is 4.74 Å². The van der Waals surface area contributed by atoms with Crippen LogP contribution in [0.1, 0.15) is 57.1 Å². The molecule has 0 bridgehead atoms. The van der Waals surface area contributed by atoms with Gasteiger partial charge in [0.05, 0.1) is 20.7 Å². The lowest BCUT2D eigenvalue weighted by molar-refractivity contribution is -0.134. The normalized spacial score (nSPS) is 16.5. The first kappa shape index (κ1) is 24.4. The van der Waals surface area contributed by atoms with Gasteiger partial charge >= 0.3 is 5.97 Å². The van der Waals surface area contributed by atoms with Crippen LogP contribution in [0.5, 0.6) is 0 Å². The minimum absolute atomic E-state index is 0.0122. The van der Waals surface area contributed by atoms with Crippen LogP contribution in [0.3, 0.4) is 0 Å². The van der Waals surface area contributed by atoms with E-state index in [0.29, 0.717) is 5.69 Å². The standard InChI is InChI=1S/C33H34N2O3/c1-23-19-29-21-28(16-17-31(29)34-23)26-14-11-25(12-15-26)22-35(33(37)27-8-4-3-5-9-27)30-10-6-7-24(20-30)13-18-32(36)38-2/h6-7,10-18,20-21,27H,3-5,8-9,19,22H2,1-2H3/b18-13+/i22D. The molecule has 1 heterocycles. The summed E-state index contributed by atoms with van der Waals surface area (Å²) in [5.41, 5.74) is 7.75. The Morgan fingerprint density at radius 3 is 2.55 bits per heavy atom. The highest BCUT2D eigenvalue weighted by Gasteiger charge is 2.27. The van der Waals surface area contributed by atoms with Gasteiger partial charge in [0, 0.05) is 29.8 Å². The molecule has 3 aromatic rings. The third kappa shape index (κ3) is 5.94. The summed E-state index contributed by atoms with van der Waals surface area (Å²) in [6, 6.07) is 21.7. The molecule has 1 fully saturated rings. The summed E-state index contributed by atoms with van der Waals surface area (Å²) >= 11 is 0. The molecule has 5 rings (SSSR count). The molecule has 0 N–H and O–H groups in total. The number of carbonyl (C=O) groups is 2. The van der Waals surface area contributed by atoms with Gasteiger partial charge in [0.2, 0.25) is 5.91 Å². The van der Waals surface area contributed by atoms with Crippen LogP contribution in [-0.2, 0) is 27.3 Å². The second kappa shape index (κ2) is 11.6. The van der Waals surface area contributed by atoms with Gasteiger partial charge < -0.3 is 9.64 Å². The number of carbonyl (C=O) groups excluding carboxylic acids is 2. The zero-order chi connectivity index (χ0) is 27.4. The van der Waals surface area contributed by atoms with Gasteiger partial charge in [-0.2, -0.15) is 0 Å². The van der Waals surface area contributed by atoms with E-state index in [2.05, 4.69) is 23.2 Å². The van der Waals surface area contributed by atoms with Crippen molar-refractivity contribution in [1.82, 2.24) is 0 Å². The number of hydrogen-bond donors (Lipinski definition) is 0. The van der Waals surface area contributed by atoms with Gasteiger partial charge in [-0.3, -0.25) is 9.79 Å². The molecule has 5 heteroatoms. The number of hydrogen-bond acceptors (Lipinski definition) is 4. The van der Waals surface area contributed by atoms with Gasteiger partial charge in [0.1, 0.15) is 0 Å². The average molecular weight is 508 g/mol. The Labute approximate surface area is 226 Å². The third-order valence-corrected chi connectivity index (χ3v) is 7.31. The summed E-state index contributed by atoms with van der Waals surface area (Å²) in [4.78, 5) is 31.7. The highest BCUT2D eigenvalue weighted by atomic mass is 16.5. The van der Waals surface area contributed by atoms with Crippen LogP contribution in [0.2, 0.25) is 0 Å². The number of benzene rings is 3. The molecule has 1 atom stereocenters. The lowest BCUT2D eigenvalue weighted by Crippen LogP contribution is -2.36. The lowest BCUT2D eigenvalue weighted by Gasteiger charge is -2.30. The first-order valence-electron chi connectivity index (χ1n) is 13.9. The van der Waals surface area contributed by atoms with Gasteiger partial charge in [-0.05, 0) is 77.9 Å². The maximum atomic E-state index is 13.9. The van der Waals surface area contributed by atoms with Crippen molar-refractivity contribution in [3.63, 3.8) is 0 Å². The molecular formula is C33H34N2O3. The van der Waals surface area contributed by atoms with Crippen LogP contribution in [0.25, 0.3) is 17.2 Å². The van der Waals surface area contributed by atoms with Crippen molar-refractivity contribution < 1.29 is 15.7 Å². The largest absolute Gasteiger partial charge is 0.466 e. The topological polar surface area (TPSA) is 59.0 Å². The molecular weight excluding hydrogens is 472 g/mol. The summed E-state index contributed by atoms with van der Waals surface area (Å²) in [5.74, 6) is -0.542. The molecule has 1 unspecified atom stereocenters. The molecule has 1 saturated carbocycles. The summed E-state index contributed by atoms with van der Waals surface area (Å²) in [7, 11) is 1.34. The minimum Gasteiger partial charge on any atom is -0.466 e. The number of rotatable bonds is 7. The number of ether oxygens (including phenoxy) is 1. The Balaban J connectivity index is 1.43. The molecule has 38 heavy (non-hydrogen) atoms. The van der Waals surface area contributed by atoms with Crippen molar-refractivity contribution in [2.45, 2.75) is 52.0 Å². The van der Waals surface area contributed by atoms with Crippen LogP contribution in [-0.4, -0.2) is 24.7 Å².